The summed E-state index contributed by atoms with van der Waals surface area (Å²) in [6.45, 7) is 6.72. The van der Waals surface area contributed by atoms with Crippen molar-refractivity contribution >= 4 is 11.9 Å². The molecule has 1 aliphatic rings. The molecule has 0 saturated carbocycles. The van der Waals surface area contributed by atoms with Crippen molar-refractivity contribution in [2.45, 2.75) is 78.2 Å². The number of hydrogen-bond donors (Lipinski definition) is 1. The van der Waals surface area contributed by atoms with Crippen molar-refractivity contribution < 1.29 is 33.6 Å². The second-order valence-electron chi connectivity index (χ2n) is 9.16. The van der Waals surface area contributed by atoms with E-state index >= 15 is 0 Å². The predicted octanol–water partition coefficient (Wildman–Crippen LogP) is 6.20. The van der Waals surface area contributed by atoms with E-state index in [1.807, 2.05) is 12.1 Å². The van der Waals surface area contributed by atoms with Crippen LogP contribution in [0, 0.1) is 0 Å². The van der Waals surface area contributed by atoms with Gasteiger partial charge in [0.05, 0.1) is 25.9 Å². The lowest BCUT2D eigenvalue weighted by Crippen LogP contribution is -2.26. The third kappa shape index (κ3) is 6.71. The first-order valence-electron chi connectivity index (χ1n) is 12.9. The van der Waals surface area contributed by atoms with Crippen molar-refractivity contribution in [1.82, 2.24) is 0 Å². The Kier molecular flexibility index (Phi) is 10.0. The highest BCUT2D eigenvalue weighted by Gasteiger charge is 2.25. The molecule has 1 N–H and O–H groups in total. The fraction of sp³-hybridized carbons (Fsp3) is 0.517. The van der Waals surface area contributed by atoms with Crippen molar-refractivity contribution in [1.29, 1.82) is 0 Å². The van der Waals surface area contributed by atoms with E-state index < -0.39 is 6.16 Å². The minimum absolute atomic E-state index is 0.0297. The van der Waals surface area contributed by atoms with Gasteiger partial charge in [0.25, 0.3) is 0 Å². The number of carboxylic acid groups (broad SMARTS) is 1. The number of hydrogen-bond acceptors (Lipinski definition) is 6. The van der Waals surface area contributed by atoms with Crippen LogP contribution in [0.2, 0.25) is 0 Å². The Morgan fingerprint density at radius 2 is 1.61 bits per heavy atom. The first kappa shape index (κ1) is 27.4. The van der Waals surface area contributed by atoms with Crippen LogP contribution in [0.25, 0.3) is 0 Å². The van der Waals surface area contributed by atoms with E-state index in [0.29, 0.717) is 43.8 Å². The molecule has 0 spiro atoms. The number of methoxy groups -OCH3 is 1. The van der Waals surface area contributed by atoms with Gasteiger partial charge in [-0.15, -0.1) is 0 Å². The number of aryl methyl sites for hydroxylation is 1. The quantitative estimate of drug-likeness (QED) is 0.200. The molecule has 0 bridgehead atoms. The maximum absolute atomic E-state index is 12.0. The molecule has 0 saturated heterocycles. The predicted molar refractivity (Wildman–Crippen MR) is 138 cm³/mol. The van der Waals surface area contributed by atoms with Crippen LogP contribution in [0.15, 0.2) is 24.3 Å². The van der Waals surface area contributed by atoms with Crippen molar-refractivity contribution in [3.63, 3.8) is 0 Å². The fourth-order valence-electron chi connectivity index (χ4n) is 4.92. The zero-order valence-corrected chi connectivity index (χ0v) is 21.9. The van der Waals surface area contributed by atoms with E-state index in [2.05, 4.69) is 19.9 Å². The minimum Gasteiger partial charge on any atom is -0.496 e. The number of carbonyl (C=O) groups is 2. The lowest BCUT2D eigenvalue weighted by atomic mass is 9.85. The zero-order chi connectivity index (χ0) is 26.1. The molecule has 3 rings (SSSR count). The van der Waals surface area contributed by atoms with Crippen LogP contribution in [0.1, 0.15) is 79.1 Å². The monoisotopic (exact) mass is 498 g/mol. The van der Waals surface area contributed by atoms with Gasteiger partial charge in [-0.05, 0) is 67.5 Å². The summed E-state index contributed by atoms with van der Waals surface area (Å²) < 4.78 is 22.9. The average Bonchev–Trinajstić information content (AvgIpc) is 2.85. The van der Waals surface area contributed by atoms with Crippen LogP contribution in [0.3, 0.4) is 0 Å². The number of fused-ring (bicyclic) bond motifs is 1. The summed E-state index contributed by atoms with van der Waals surface area (Å²) in [5.74, 6) is 2.16. The van der Waals surface area contributed by atoms with Crippen molar-refractivity contribution in [3.05, 3.63) is 52.1 Å². The molecule has 1 atom stereocenters. The molecule has 7 heteroatoms. The lowest BCUT2D eigenvalue weighted by molar-refractivity contribution is 0.0460. The fourth-order valence-corrected chi connectivity index (χ4v) is 4.92. The zero-order valence-electron chi connectivity index (χ0n) is 21.9. The summed E-state index contributed by atoms with van der Waals surface area (Å²) in [6.07, 6.45) is 4.79. The second-order valence-corrected chi connectivity index (χ2v) is 9.16. The Balaban J connectivity index is 1.64. The molecule has 0 fully saturated rings. The normalized spacial score (nSPS) is 14.6. The standard InChI is InChI=1S/C29H38O7/c1-5-8-23-25-18-21(36-29(31)32)12-10-20(25)11-14-26(23)34-16-7-17-35-27-15-13-22(19(3)30)28(33-4)24(27)9-6-2/h11,13-15,21H,5-10,12,16-18H2,1-4H3,(H,31,32). The molecule has 0 amide bonds. The van der Waals surface area contributed by atoms with E-state index in [-0.39, 0.29) is 11.9 Å². The molecule has 0 radical (unpaired) electrons. The molecule has 196 valence electrons. The highest BCUT2D eigenvalue weighted by Crippen LogP contribution is 2.35. The van der Waals surface area contributed by atoms with Crippen molar-refractivity contribution in [3.8, 4) is 17.2 Å². The maximum atomic E-state index is 12.0. The summed E-state index contributed by atoms with van der Waals surface area (Å²) in [6, 6.07) is 7.74. The third-order valence-electron chi connectivity index (χ3n) is 6.52. The van der Waals surface area contributed by atoms with Gasteiger partial charge in [-0.2, -0.15) is 0 Å². The Morgan fingerprint density at radius 3 is 2.22 bits per heavy atom. The molecule has 36 heavy (non-hydrogen) atoms. The van der Waals surface area contributed by atoms with Crippen LogP contribution in [0.4, 0.5) is 4.79 Å². The van der Waals surface area contributed by atoms with Gasteiger partial charge < -0.3 is 24.1 Å². The number of ketones is 1. The molecule has 2 aromatic rings. The highest BCUT2D eigenvalue weighted by atomic mass is 16.7. The molecular formula is C29H38O7. The van der Waals surface area contributed by atoms with E-state index in [1.165, 1.54) is 18.1 Å². The SMILES string of the molecule is CCCc1c(OCCCOc2ccc(C(C)=O)c(OC)c2CCC)ccc2c1CC(OC(=O)O)CC2. The summed E-state index contributed by atoms with van der Waals surface area (Å²) in [4.78, 5) is 23.0. The Hall–Kier alpha value is -3.22. The average molecular weight is 499 g/mol. The maximum Gasteiger partial charge on any atom is 0.506 e. The van der Waals surface area contributed by atoms with E-state index in [4.69, 9.17) is 24.1 Å². The van der Waals surface area contributed by atoms with Crippen LogP contribution in [0.5, 0.6) is 17.2 Å². The Labute approximate surface area is 213 Å². The molecule has 1 unspecified atom stereocenters. The Bertz CT molecular complexity index is 1060. The van der Waals surface area contributed by atoms with E-state index in [0.717, 1.165) is 54.7 Å². The lowest BCUT2D eigenvalue weighted by Gasteiger charge is -2.27. The first-order chi connectivity index (χ1) is 17.4. The minimum atomic E-state index is -1.22. The highest BCUT2D eigenvalue weighted by molar-refractivity contribution is 5.97. The number of rotatable bonds is 13. The Morgan fingerprint density at radius 1 is 0.972 bits per heavy atom. The number of ether oxygens (including phenoxy) is 4. The number of benzene rings is 2. The molecule has 0 aromatic heterocycles. The van der Waals surface area contributed by atoms with Gasteiger partial charge >= 0.3 is 6.16 Å². The van der Waals surface area contributed by atoms with Crippen molar-refractivity contribution in [2.24, 2.45) is 0 Å². The topological polar surface area (TPSA) is 91.3 Å². The van der Waals surface area contributed by atoms with E-state index in [1.54, 1.807) is 13.2 Å². The number of carbonyl (C=O) groups excluding carboxylic acids is 1. The second kappa shape index (κ2) is 13.2. The smallest absolute Gasteiger partial charge is 0.496 e. The van der Waals surface area contributed by atoms with Crippen molar-refractivity contribution in [2.75, 3.05) is 20.3 Å². The number of Topliss-reactive ketones (excluding diaryl/α,β-unsaturated/α-hetero) is 1. The van der Waals surface area contributed by atoms with Gasteiger partial charge in [0.15, 0.2) is 5.78 Å². The van der Waals surface area contributed by atoms with Crippen LogP contribution < -0.4 is 14.2 Å². The largest absolute Gasteiger partial charge is 0.506 e. The molecule has 0 aliphatic heterocycles. The van der Waals surface area contributed by atoms with Gasteiger partial charge in [-0.3, -0.25) is 4.79 Å². The van der Waals surface area contributed by atoms with Gasteiger partial charge in [0, 0.05) is 18.4 Å². The molecule has 0 heterocycles. The van der Waals surface area contributed by atoms with Gasteiger partial charge in [0.2, 0.25) is 0 Å². The van der Waals surface area contributed by atoms with Gasteiger partial charge in [0.1, 0.15) is 23.4 Å². The first-order valence-corrected chi connectivity index (χ1v) is 12.9. The molecule has 7 nitrogen and oxygen atoms in total. The van der Waals surface area contributed by atoms with Gasteiger partial charge in [-0.25, -0.2) is 4.79 Å². The summed E-state index contributed by atoms with van der Waals surface area (Å²) >= 11 is 0. The van der Waals surface area contributed by atoms with Gasteiger partial charge in [-0.1, -0.05) is 32.8 Å². The van der Waals surface area contributed by atoms with E-state index in [9.17, 15) is 9.59 Å². The van der Waals surface area contributed by atoms with Crippen LogP contribution >= 0.6 is 0 Å². The molecule has 1 aliphatic carbocycles. The summed E-state index contributed by atoms with van der Waals surface area (Å²) in [5, 5.41) is 9.02. The summed E-state index contributed by atoms with van der Waals surface area (Å²) in [5.41, 5.74) is 5.08. The third-order valence-corrected chi connectivity index (χ3v) is 6.52. The van der Waals surface area contributed by atoms with Crippen LogP contribution in [-0.2, 0) is 30.4 Å². The van der Waals surface area contributed by atoms with Crippen LogP contribution in [-0.4, -0.2) is 43.5 Å². The molecular weight excluding hydrogens is 460 g/mol. The summed E-state index contributed by atoms with van der Waals surface area (Å²) in [7, 11) is 1.58. The molecule has 2 aromatic carbocycles.